The smallest absolute Gasteiger partial charge is 0.410 e. The van der Waals surface area contributed by atoms with Crippen molar-refractivity contribution in [2.24, 2.45) is 5.92 Å². The highest BCUT2D eigenvalue weighted by atomic mass is 32.2. The Labute approximate surface area is 172 Å². The monoisotopic (exact) mass is 422 g/mol. The van der Waals surface area contributed by atoms with Crippen molar-refractivity contribution in [1.29, 1.82) is 0 Å². The summed E-state index contributed by atoms with van der Waals surface area (Å²) in [5, 5.41) is 3.02. The van der Waals surface area contributed by atoms with Crippen molar-refractivity contribution in [3.8, 4) is 0 Å². The molecule has 160 valence electrons. The summed E-state index contributed by atoms with van der Waals surface area (Å²) in [6.45, 7) is 6.69. The number of likely N-dealkylation sites (tertiary alicyclic amines) is 1. The molecule has 1 N–H and O–H groups in total. The van der Waals surface area contributed by atoms with E-state index in [1.807, 2.05) is 20.8 Å². The number of carbonyl (C=O) groups is 2. The maximum Gasteiger partial charge on any atom is 0.410 e. The third kappa shape index (κ3) is 5.50. The SMILES string of the molecule is CC(C)(C)OC(=O)N1CCC(CC(=O)NC2CCS(=O)(=O)c3ccccc32)CC1. The molecule has 1 atom stereocenters. The zero-order valence-corrected chi connectivity index (χ0v) is 18.1. The quantitative estimate of drug-likeness (QED) is 0.808. The Kier molecular flexibility index (Phi) is 6.22. The second kappa shape index (κ2) is 8.34. The van der Waals surface area contributed by atoms with Gasteiger partial charge < -0.3 is 15.0 Å². The van der Waals surface area contributed by atoms with Gasteiger partial charge in [0.2, 0.25) is 5.91 Å². The summed E-state index contributed by atoms with van der Waals surface area (Å²) in [6, 6.07) is 6.61. The van der Waals surface area contributed by atoms with Gasteiger partial charge in [0.15, 0.2) is 9.84 Å². The van der Waals surface area contributed by atoms with Crippen molar-refractivity contribution in [3.05, 3.63) is 29.8 Å². The Morgan fingerprint density at radius 1 is 1.14 bits per heavy atom. The Bertz CT molecular complexity index is 867. The number of carbonyl (C=O) groups excluding carboxylic acids is 2. The number of nitrogens with zero attached hydrogens (tertiary/aromatic N) is 1. The molecule has 1 fully saturated rings. The summed E-state index contributed by atoms with van der Waals surface area (Å²) < 4.78 is 29.9. The first-order chi connectivity index (χ1) is 13.5. The number of piperidine rings is 1. The molecule has 0 bridgehead atoms. The van der Waals surface area contributed by atoms with Gasteiger partial charge in [0, 0.05) is 19.5 Å². The minimum absolute atomic E-state index is 0.0449. The van der Waals surface area contributed by atoms with Gasteiger partial charge in [-0.2, -0.15) is 0 Å². The van der Waals surface area contributed by atoms with E-state index in [1.54, 1.807) is 29.2 Å². The number of benzene rings is 1. The fraction of sp³-hybridized carbons (Fsp3) is 0.619. The second-order valence-electron chi connectivity index (χ2n) is 8.88. The standard InChI is InChI=1S/C21H30N2O5S/c1-21(2,3)28-20(25)23-11-8-15(9-12-23)14-19(24)22-17-10-13-29(26,27)18-7-5-4-6-16(17)18/h4-7,15,17H,8-14H2,1-3H3,(H,22,24). The highest BCUT2D eigenvalue weighted by Crippen LogP contribution is 2.32. The topological polar surface area (TPSA) is 92.8 Å². The fourth-order valence-corrected chi connectivity index (χ4v) is 5.52. The predicted molar refractivity (Wildman–Crippen MR) is 109 cm³/mol. The molecule has 3 rings (SSSR count). The normalized spacial score (nSPS) is 21.9. The maximum atomic E-state index is 12.6. The van der Waals surface area contributed by atoms with Gasteiger partial charge in [0.1, 0.15) is 5.60 Å². The minimum atomic E-state index is -3.27. The van der Waals surface area contributed by atoms with Gasteiger partial charge in [-0.15, -0.1) is 0 Å². The van der Waals surface area contributed by atoms with Crippen LogP contribution in [0.3, 0.4) is 0 Å². The summed E-state index contributed by atoms with van der Waals surface area (Å²) in [5.41, 5.74) is 0.157. The Hall–Kier alpha value is -2.09. The maximum absolute atomic E-state index is 12.6. The van der Waals surface area contributed by atoms with E-state index >= 15 is 0 Å². The van der Waals surface area contributed by atoms with E-state index in [-0.39, 0.29) is 29.7 Å². The average Bonchev–Trinajstić information content (AvgIpc) is 2.63. The van der Waals surface area contributed by atoms with Crippen LogP contribution in [-0.2, 0) is 19.4 Å². The third-order valence-electron chi connectivity index (χ3n) is 5.38. The van der Waals surface area contributed by atoms with Gasteiger partial charge in [-0.1, -0.05) is 18.2 Å². The Morgan fingerprint density at radius 2 is 1.79 bits per heavy atom. The van der Waals surface area contributed by atoms with Gasteiger partial charge in [-0.05, 0) is 57.6 Å². The summed E-state index contributed by atoms with van der Waals surface area (Å²) in [7, 11) is -3.27. The van der Waals surface area contributed by atoms with E-state index in [2.05, 4.69) is 5.32 Å². The first-order valence-corrected chi connectivity index (χ1v) is 11.8. The van der Waals surface area contributed by atoms with Gasteiger partial charge in [0.05, 0.1) is 16.7 Å². The zero-order valence-electron chi connectivity index (χ0n) is 17.3. The molecule has 0 radical (unpaired) electrons. The average molecular weight is 423 g/mol. The fourth-order valence-electron chi connectivity index (χ4n) is 3.90. The number of hydrogen-bond donors (Lipinski definition) is 1. The van der Waals surface area contributed by atoms with E-state index in [1.165, 1.54) is 0 Å². The van der Waals surface area contributed by atoms with Crippen LogP contribution in [0.5, 0.6) is 0 Å². The van der Waals surface area contributed by atoms with Gasteiger partial charge in [0.25, 0.3) is 0 Å². The molecule has 0 aromatic heterocycles. The van der Waals surface area contributed by atoms with E-state index in [0.29, 0.717) is 36.4 Å². The molecule has 1 aromatic carbocycles. The molecule has 0 spiro atoms. The summed E-state index contributed by atoms with van der Waals surface area (Å²) in [5.74, 6) is 0.180. The van der Waals surface area contributed by atoms with Crippen LogP contribution in [0.15, 0.2) is 29.2 Å². The second-order valence-corrected chi connectivity index (χ2v) is 11.0. The largest absolute Gasteiger partial charge is 0.444 e. The van der Waals surface area contributed by atoms with Crippen LogP contribution in [0, 0.1) is 5.92 Å². The molecule has 1 unspecified atom stereocenters. The van der Waals surface area contributed by atoms with Crippen molar-refractivity contribution in [3.63, 3.8) is 0 Å². The number of rotatable bonds is 3. The number of hydrogen-bond acceptors (Lipinski definition) is 5. The molecule has 2 heterocycles. The lowest BCUT2D eigenvalue weighted by Crippen LogP contribution is -2.42. The highest BCUT2D eigenvalue weighted by molar-refractivity contribution is 7.91. The molecule has 0 saturated carbocycles. The predicted octanol–water partition coefficient (Wildman–Crippen LogP) is 3.06. The number of ether oxygens (including phenoxy) is 1. The van der Waals surface area contributed by atoms with Crippen molar-refractivity contribution in [2.45, 2.75) is 63.0 Å². The number of amides is 2. The molecule has 29 heavy (non-hydrogen) atoms. The summed E-state index contributed by atoms with van der Waals surface area (Å²) in [4.78, 5) is 26.8. The number of nitrogens with one attached hydrogen (secondary N) is 1. The van der Waals surface area contributed by atoms with Crippen LogP contribution in [0.25, 0.3) is 0 Å². The minimum Gasteiger partial charge on any atom is -0.444 e. The van der Waals surface area contributed by atoms with E-state index < -0.39 is 15.4 Å². The van der Waals surface area contributed by atoms with Crippen molar-refractivity contribution < 1.29 is 22.7 Å². The van der Waals surface area contributed by atoms with Crippen LogP contribution in [0.1, 0.15) is 58.1 Å². The molecule has 1 saturated heterocycles. The zero-order chi connectivity index (χ0) is 21.2. The van der Waals surface area contributed by atoms with Crippen LogP contribution in [0.2, 0.25) is 0 Å². The van der Waals surface area contributed by atoms with Crippen LogP contribution in [-0.4, -0.2) is 49.8 Å². The van der Waals surface area contributed by atoms with Crippen molar-refractivity contribution >= 4 is 21.8 Å². The van der Waals surface area contributed by atoms with Gasteiger partial charge >= 0.3 is 6.09 Å². The molecule has 0 aliphatic carbocycles. The van der Waals surface area contributed by atoms with Crippen molar-refractivity contribution in [1.82, 2.24) is 10.2 Å². The highest BCUT2D eigenvalue weighted by Gasteiger charge is 2.32. The first kappa shape index (κ1) is 21.6. The molecular weight excluding hydrogens is 392 g/mol. The lowest BCUT2D eigenvalue weighted by atomic mass is 9.93. The third-order valence-corrected chi connectivity index (χ3v) is 7.20. The molecule has 2 aliphatic heterocycles. The van der Waals surface area contributed by atoms with Gasteiger partial charge in [-0.25, -0.2) is 13.2 Å². The number of fused-ring (bicyclic) bond motifs is 1. The summed E-state index contributed by atoms with van der Waals surface area (Å²) >= 11 is 0. The van der Waals surface area contributed by atoms with E-state index in [9.17, 15) is 18.0 Å². The first-order valence-electron chi connectivity index (χ1n) is 10.1. The summed E-state index contributed by atoms with van der Waals surface area (Å²) in [6.07, 6.45) is 1.97. The number of sulfone groups is 1. The van der Waals surface area contributed by atoms with E-state index in [0.717, 1.165) is 12.8 Å². The Balaban J connectivity index is 1.52. The molecule has 1 aromatic rings. The van der Waals surface area contributed by atoms with Crippen molar-refractivity contribution in [2.75, 3.05) is 18.8 Å². The lowest BCUT2D eigenvalue weighted by Gasteiger charge is -2.33. The molecule has 2 amide bonds. The Morgan fingerprint density at radius 3 is 2.45 bits per heavy atom. The van der Waals surface area contributed by atoms with E-state index in [4.69, 9.17) is 4.74 Å². The molecule has 8 heteroatoms. The molecular formula is C21H30N2O5S. The van der Waals surface area contributed by atoms with Crippen LogP contribution >= 0.6 is 0 Å². The van der Waals surface area contributed by atoms with Crippen LogP contribution in [0.4, 0.5) is 4.79 Å². The van der Waals surface area contributed by atoms with Crippen LogP contribution < -0.4 is 5.32 Å². The van der Waals surface area contributed by atoms with Gasteiger partial charge in [-0.3, -0.25) is 4.79 Å². The lowest BCUT2D eigenvalue weighted by molar-refractivity contribution is -0.123. The molecule has 7 nitrogen and oxygen atoms in total. The molecule has 2 aliphatic rings.